The van der Waals surface area contributed by atoms with Crippen molar-refractivity contribution in [1.82, 2.24) is 9.38 Å². The zero-order valence-electron chi connectivity index (χ0n) is 14.9. The second-order valence-corrected chi connectivity index (χ2v) is 6.52. The summed E-state index contributed by atoms with van der Waals surface area (Å²) >= 11 is 0. The van der Waals surface area contributed by atoms with E-state index in [4.69, 9.17) is 4.98 Å². The van der Waals surface area contributed by atoms with Gasteiger partial charge in [-0.05, 0) is 36.4 Å². The monoisotopic (exact) mass is 350 g/mol. The van der Waals surface area contributed by atoms with E-state index in [0.717, 1.165) is 33.3 Å². The molecule has 0 unspecified atom stereocenters. The Kier molecular flexibility index (Phi) is 3.61. The van der Waals surface area contributed by atoms with Crippen LogP contribution in [0.1, 0.15) is 5.69 Å². The molecule has 2 aromatic carbocycles. The number of rotatable bonds is 3. The molecule has 4 nitrogen and oxygen atoms in total. The first-order chi connectivity index (χ1) is 13.3. The number of hydrogen-bond donors (Lipinski definition) is 0. The Bertz CT molecular complexity index is 1290. The van der Waals surface area contributed by atoms with E-state index in [2.05, 4.69) is 52.1 Å². The average molecular weight is 350 g/mol. The second kappa shape index (κ2) is 6.25. The van der Waals surface area contributed by atoms with Gasteiger partial charge in [-0.25, -0.2) is 4.98 Å². The first-order valence-corrected chi connectivity index (χ1v) is 8.92. The number of para-hydroxylation sites is 2. The van der Waals surface area contributed by atoms with Crippen LogP contribution in [-0.4, -0.2) is 22.6 Å². The van der Waals surface area contributed by atoms with Crippen molar-refractivity contribution in [2.24, 2.45) is 5.10 Å². The van der Waals surface area contributed by atoms with Crippen LogP contribution >= 0.6 is 0 Å². The summed E-state index contributed by atoms with van der Waals surface area (Å²) in [5.74, 6) is 0. The normalized spacial score (nSPS) is 11.7. The first kappa shape index (κ1) is 15.6. The van der Waals surface area contributed by atoms with E-state index in [9.17, 15) is 0 Å². The molecular formula is C23H18N4. The molecule has 0 atom stereocenters. The molecule has 0 aliphatic heterocycles. The van der Waals surface area contributed by atoms with Crippen LogP contribution in [0.15, 0.2) is 90.2 Å². The predicted octanol–water partition coefficient (Wildman–Crippen LogP) is 5.11. The van der Waals surface area contributed by atoms with Crippen molar-refractivity contribution in [2.75, 3.05) is 12.1 Å². The van der Waals surface area contributed by atoms with Crippen molar-refractivity contribution in [2.45, 2.75) is 0 Å². The van der Waals surface area contributed by atoms with Crippen molar-refractivity contribution in [3.63, 3.8) is 0 Å². The van der Waals surface area contributed by atoms with Crippen molar-refractivity contribution < 1.29 is 0 Å². The second-order valence-electron chi connectivity index (χ2n) is 6.52. The smallest absolute Gasteiger partial charge is 0.108 e. The fourth-order valence-electron chi connectivity index (χ4n) is 3.51. The van der Waals surface area contributed by atoms with Crippen molar-refractivity contribution in [3.05, 3.63) is 90.8 Å². The van der Waals surface area contributed by atoms with Gasteiger partial charge in [-0.3, -0.25) is 5.01 Å². The highest BCUT2D eigenvalue weighted by atomic mass is 15.4. The molecule has 3 heterocycles. The molecule has 130 valence electrons. The Morgan fingerprint density at radius 1 is 0.889 bits per heavy atom. The van der Waals surface area contributed by atoms with Gasteiger partial charge in [0.2, 0.25) is 0 Å². The fourth-order valence-corrected chi connectivity index (χ4v) is 3.51. The number of fused-ring (bicyclic) bond motifs is 5. The Balaban J connectivity index is 1.74. The Labute approximate surface area is 157 Å². The van der Waals surface area contributed by atoms with Gasteiger partial charge in [0, 0.05) is 29.5 Å². The summed E-state index contributed by atoms with van der Waals surface area (Å²) in [5.41, 5.74) is 5.10. The zero-order chi connectivity index (χ0) is 18.2. The lowest BCUT2D eigenvalue weighted by atomic mass is 10.1. The third kappa shape index (κ3) is 2.62. The van der Waals surface area contributed by atoms with Gasteiger partial charge in [0.25, 0.3) is 0 Å². The number of pyridine rings is 2. The van der Waals surface area contributed by atoms with Crippen LogP contribution in [0.25, 0.3) is 27.3 Å². The molecule has 0 spiro atoms. The van der Waals surface area contributed by atoms with Crippen molar-refractivity contribution in [1.29, 1.82) is 0 Å². The molecule has 0 aliphatic rings. The number of hydrogen-bond acceptors (Lipinski definition) is 3. The van der Waals surface area contributed by atoms with E-state index in [-0.39, 0.29) is 0 Å². The molecule has 0 saturated heterocycles. The number of hydrazone groups is 1. The van der Waals surface area contributed by atoms with Crippen LogP contribution in [0.4, 0.5) is 5.69 Å². The summed E-state index contributed by atoms with van der Waals surface area (Å²) in [5, 5.41) is 8.85. The SMILES string of the molecule is CN(N=Cc1nc2ccccc2c2cc3ccccn3c12)c1ccccc1. The quantitative estimate of drug-likeness (QED) is 0.334. The topological polar surface area (TPSA) is 32.9 Å². The number of aromatic nitrogens is 2. The molecule has 4 heteroatoms. The lowest BCUT2D eigenvalue weighted by Gasteiger charge is -2.12. The van der Waals surface area contributed by atoms with Crippen LogP contribution in [0.5, 0.6) is 0 Å². The Morgan fingerprint density at radius 3 is 2.56 bits per heavy atom. The number of benzene rings is 2. The van der Waals surface area contributed by atoms with Gasteiger partial charge in [-0.1, -0.05) is 42.5 Å². The zero-order valence-corrected chi connectivity index (χ0v) is 14.9. The molecule has 0 radical (unpaired) electrons. The minimum absolute atomic E-state index is 0.859. The highest BCUT2D eigenvalue weighted by Crippen LogP contribution is 2.29. The minimum atomic E-state index is 0.859. The van der Waals surface area contributed by atoms with Crippen LogP contribution in [0.2, 0.25) is 0 Å². The van der Waals surface area contributed by atoms with Gasteiger partial charge in [0.05, 0.1) is 22.9 Å². The summed E-state index contributed by atoms with van der Waals surface area (Å²) in [6.07, 6.45) is 3.92. The summed E-state index contributed by atoms with van der Waals surface area (Å²) in [4.78, 5) is 4.89. The molecule has 0 fully saturated rings. The van der Waals surface area contributed by atoms with Crippen LogP contribution in [0.3, 0.4) is 0 Å². The van der Waals surface area contributed by atoms with Gasteiger partial charge in [-0.15, -0.1) is 0 Å². The summed E-state index contributed by atoms with van der Waals surface area (Å²) in [6, 6.07) is 26.8. The number of nitrogens with zero attached hydrogens (tertiary/aromatic N) is 4. The summed E-state index contributed by atoms with van der Waals surface area (Å²) in [6.45, 7) is 0. The Morgan fingerprint density at radius 2 is 1.67 bits per heavy atom. The minimum Gasteiger partial charge on any atom is -0.315 e. The average Bonchev–Trinajstić information content (AvgIpc) is 3.12. The molecule has 0 aliphatic carbocycles. The van der Waals surface area contributed by atoms with Crippen LogP contribution in [-0.2, 0) is 0 Å². The highest BCUT2D eigenvalue weighted by Gasteiger charge is 2.12. The first-order valence-electron chi connectivity index (χ1n) is 8.92. The Hall–Kier alpha value is -3.66. The molecule has 3 aromatic heterocycles. The molecule has 27 heavy (non-hydrogen) atoms. The third-order valence-electron chi connectivity index (χ3n) is 4.84. The molecule has 0 saturated carbocycles. The van der Waals surface area contributed by atoms with E-state index in [1.807, 2.05) is 60.7 Å². The summed E-state index contributed by atoms with van der Waals surface area (Å²) in [7, 11) is 1.94. The predicted molar refractivity (Wildman–Crippen MR) is 113 cm³/mol. The van der Waals surface area contributed by atoms with Gasteiger partial charge in [0.1, 0.15) is 5.69 Å². The van der Waals surface area contributed by atoms with Crippen LogP contribution in [0, 0.1) is 0 Å². The molecular weight excluding hydrogens is 332 g/mol. The van der Waals surface area contributed by atoms with Crippen molar-refractivity contribution >= 4 is 39.2 Å². The largest absolute Gasteiger partial charge is 0.315 e. The summed E-state index contributed by atoms with van der Waals surface area (Å²) < 4.78 is 2.18. The highest BCUT2D eigenvalue weighted by molar-refractivity contribution is 6.12. The van der Waals surface area contributed by atoms with E-state index >= 15 is 0 Å². The van der Waals surface area contributed by atoms with Gasteiger partial charge in [0.15, 0.2) is 0 Å². The van der Waals surface area contributed by atoms with Gasteiger partial charge < -0.3 is 4.40 Å². The van der Waals surface area contributed by atoms with Gasteiger partial charge >= 0.3 is 0 Å². The lowest BCUT2D eigenvalue weighted by molar-refractivity contribution is 1.02. The van der Waals surface area contributed by atoms with Gasteiger partial charge in [-0.2, -0.15) is 5.10 Å². The van der Waals surface area contributed by atoms with E-state index in [1.54, 1.807) is 0 Å². The molecule has 0 bridgehead atoms. The maximum Gasteiger partial charge on any atom is 0.108 e. The van der Waals surface area contributed by atoms with E-state index in [0.29, 0.717) is 0 Å². The molecule has 5 aromatic rings. The maximum atomic E-state index is 4.89. The molecule has 0 amide bonds. The standard InChI is InChI=1S/C23H18N4/c1-26(17-9-3-2-4-10-17)24-16-22-23-20(15-18-11-7-8-14-27(18)23)19-12-5-6-13-21(19)25-22/h2-16H,1H3. The van der Waals surface area contributed by atoms with E-state index in [1.165, 1.54) is 5.39 Å². The third-order valence-corrected chi connectivity index (χ3v) is 4.84. The molecule has 5 rings (SSSR count). The fraction of sp³-hybridized carbons (Fsp3) is 0.0435. The van der Waals surface area contributed by atoms with Crippen LogP contribution < -0.4 is 5.01 Å². The lowest BCUT2D eigenvalue weighted by Crippen LogP contribution is -2.09. The maximum absolute atomic E-state index is 4.89. The molecule has 0 N–H and O–H groups in total. The number of anilines is 1. The van der Waals surface area contributed by atoms with Crippen molar-refractivity contribution in [3.8, 4) is 0 Å². The van der Waals surface area contributed by atoms with E-state index < -0.39 is 0 Å².